The van der Waals surface area contributed by atoms with Gasteiger partial charge in [-0.2, -0.15) is 0 Å². The second-order valence-electron chi connectivity index (χ2n) is 4.33. The van der Waals surface area contributed by atoms with E-state index >= 15 is 0 Å². The molecule has 6 heteroatoms. The monoisotopic (exact) mass is 278 g/mol. The van der Waals surface area contributed by atoms with Crippen LogP contribution >= 0.6 is 0 Å². The highest BCUT2D eigenvalue weighted by molar-refractivity contribution is 5.94. The average molecular weight is 278 g/mol. The van der Waals surface area contributed by atoms with Crippen molar-refractivity contribution in [2.75, 3.05) is 7.11 Å². The third-order valence-electron chi connectivity index (χ3n) is 3.02. The molecule has 0 bridgehead atoms. The van der Waals surface area contributed by atoms with Crippen molar-refractivity contribution in [1.29, 1.82) is 0 Å². The molecule has 2 aromatic rings. The highest BCUT2D eigenvalue weighted by Crippen LogP contribution is 2.18. The number of halogens is 1. The Balaban J connectivity index is 2.07. The number of carbonyl (C=O) groups excluding carboxylic acids is 1. The maximum Gasteiger partial charge on any atom is 0.251 e. The Hall–Kier alpha value is -2.37. The molecule has 0 radical (unpaired) electrons. The van der Waals surface area contributed by atoms with Crippen LogP contribution in [0.5, 0.6) is 5.75 Å². The minimum atomic E-state index is -0.572. The molecule has 0 aliphatic carbocycles. The van der Waals surface area contributed by atoms with E-state index in [0.29, 0.717) is 5.76 Å². The molecule has 1 amide bonds. The van der Waals surface area contributed by atoms with Crippen LogP contribution in [0.15, 0.2) is 22.7 Å². The molecule has 106 valence electrons. The number of hydrogen-bond acceptors (Lipinski definition) is 4. The highest BCUT2D eigenvalue weighted by Gasteiger charge is 2.13. The van der Waals surface area contributed by atoms with Gasteiger partial charge in [-0.25, -0.2) is 4.39 Å². The van der Waals surface area contributed by atoms with Gasteiger partial charge in [0.2, 0.25) is 0 Å². The van der Waals surface area contributed by atoms with Crippen molar-refractivity contribution in [2.45, 2.75) is 20.4 Å². The Labute approximate surface area is 115 Å². The molecule has 0 fully saturated rings. The van der Waals surface area contributed by atoms with E-state index < -0.39 is 5.82 Å². The van der Waals surface area contributed by atoms with Crippen molar-refractivity contribution in [3.8, 4) is 5.75 Å². The summed E-state index contributed by atoms with van der Waals surface area (Å²) in [5.41, 5.74) is 1.78. The van der Waals surface area contributed by atoms with Gasteiger partial charge in [-0.1, -0.05) is 5.16 Å². The van der Waals surface area contributed by atoms with E-state index in [9.17, 15) is 9.18 Å². The smallest absolute Gasteiger partial charge is 0.251 e. The minimum absolute atomic E-state index is 0.104. The Morgan fingerprint density at radius 2 is 2.20 bits per heavy atom. The summed E-state index contributed by atoms with van der Waals surface area (Å²) in [6, 6.07) is 4.06. The number of nitrogens with zero attached hydrogens (tertiary/aromatic N) is 1. The summed E-state index contributed by atoms with van der Waals surface area (Å²) in [5, 5.41) is 6.50. The maximum atomic E-state index is 13.5. The van der Waals surface area contributed by atoms with Crippen LogP contribution in [0.25, 0.3) is 0 Å². The zero-order valence-corrected chi connectivity index (χ0v) is 11.5. The van der Waals surface area contributed by atoms with Crippen LogP contribution in [0.2, 0.25) is 0 Å². The predicted octanol–water partition coefficient (Wildman–Crippen LogP) is 2.37. The lowest BCUT2D eigenvalue weighted by molar-refractivity contribution is 0.0950. The molecular formula is C14H15FN2O3. The molecular weight excluding hydrogens is 263 g/mol. The van der Waals surface area contributed by atoms with Crippen LogP contribution in [0.4, 0.5) is 4.39 Å². The second-order valence-corrected chi connectivity index (χ2v) is 4.33. The van der Waals surface area contributed by atoms with Crippen molar-refractivity contribution in [2.24, 2.45) is 0 Å². The fourth-order valence-corrected chi connectivity index (χ4v) is 1.83. The first kappa shape index (κ1) is 14.0. The third kappa shape index (κ3) is 2.79. The standard InChI is InChI=1S/C14H15FN2O3/c1-8-11(9(2)20-17-8)7-16-14(18)10-4-5-13(19-3)12(15)6-10/h4-6H,7H2,1-3H3,(H,16,18). The van der Waals surface area contributed by atoms with E-state index in [-0.39, 0.29) is 23.8 Å². The van der Waals surface area contributed by atoms with Crippen LogP contribution in [-0.2, 0) is 6.54 Å². The minimum Gasteiger partial charge on any atom is -0.494 e. The molecule has 1 heterocycles. The number of hydrogen-bond donors (Lipinski definition) is 1. The Morgan fingerprint density at radius 3 is 2.75 bits per heavy atom. The number of methoxy groups -OCH3 is 1. The number of carbonyl (C=O) groups is 1. The van der Waals surface area contributed by atoms with E-state index in [2.05, 4.69) is 10.5 Å². The lowest BCUT2D eigenvalue weighted by atomic mass is 10.1. The van der Waals surface area contributed by atoms with E-state index in [4.69, 9.17) is 9.26 Å². The van der Waals surface area contributed by atoms with Crippen molar-refractivity contribution < 1.29 is 18.4 Å². The van der Waals surface area contributed by atoms with Gasteiger partial charge in [0.15, 0.2) is 11.6 Å². The Bertz CT molecular complexity index is 618. The average Bonchev–Trinajstić information content (AvgIpc) is 2.75. The highest BCUT2D eigenvalue weighted by atomic mass is 19.1. The molecule has 0 atom stereocenters. The van der Waals surface area contributed by atoms with Gasteiger partial charge in [-0.3, -0.25) is 4.79 Å². The summed E-state index contributed by atoms with van der Waals surface area (Å²) in [5.74, 6) is -0.181. The molecule has 1 N–H and O–H groups in total. The number of ether oxygens (including phenoxy) is 1. The third-order valence-corrected chi connectivity index (χ3v) is 3.02. The number of aromatic nitrogens is 1. The van der Waals surface area contributed by atoms with Gasteiger partial charge in [0.1, 0.15) is 5.76 Å². The van der Waals surface area contributed by atoms with Crippen LogP contribution in [0, 0.1) is 19.7 Å². The second kappa shape index (κ2) is 5.73. The van der Waals surface area contributed by atoms with Gasteiger partial charge in [0.05, 0.1) is 12.8 Å². The lowest BCUT2D eigenvalue weighted by Crippen LogP contribution is -2.23. The fourth-order valence-electron chi connectivity index (χ4n) is 1.83. The molecule has 0 saturated carbocycles. The topological polar surface area (TPSA) is 64.4 Å². The number of aryl methyl sites for hydroxylation is 2. The van der Waals surface area contributed by atoms with Crippen molar-refractivity contribution in [1.82, 2.24) is 10.5 Å². The van der Waals surface area contributed by atoms with E-state index in [1.54, 1.807) is 13.8 Å². The van der Waals surface area contributed by atoms with E-state index in [1.807, 2.05) is 0 Å². The summed E-state index contributed by atoms with van der Waals surface area (Å²) >= 11 is 0. The van der Waals surface area contributed by atoms with Gasteiger partial charge >= 0.3 is 0 Å². The van der Waals surface area contributed by atoms with Gasteiger partial charge in [0.25, 0.3) is 5.91 Å². The number of benzene rings is 1. The van der Waals surface area contributed by atoms with Gasteiger partial charge in [-0.15, -0.1) is 0 Å². The lowest BCUT2D eigenvalue weighted by Gasteiger charge is -2.07. The first-order valence-electron chi connectivity index (χ1n) is 6.06. The number of rotatable bonds is 4. The van der Waals surface area contributed by atoms with Crippen molar-refractivity contribution in [3.63, 3.8) is 0 Å². The molecule has 0 aliphatic rings. The summed E-state index contributed by atoms with van der Waals surface area (Å²) < 4.78 is 23.3. The molecule has 2 rings (SSSR count). The van der Waals surface area contributed by atoms with Crippen LogP contribution in [0.3, 0.4) is 0 Å². The first-order chi connectivity index (χ1) is 9.52. The summed E-state index contributed by atoms with van der Waals surface area (Å²) in [4.78, 5) is 11.9. The van der Waals surface area contributed by atoms with Gasteiger partial charge in [-0.05, 0) is 32.0 Å². The largest absolute Gasteiger partial charge is 0.494 e. The molecule has 0 unspecified atom stereocenters. The van der Waals surface area contributed by atoms with Crippen LogP contribution in [-0.4, -0.2) is 18.2 Å². The van der Waals surface area contributed by atoms with Crippen LogP contribution in [0.1, 0.15) is 27.4 Å². The first-order valence-corrected chi connectivity index (χ1v) is 6.06. The number of nitrogens with one attached hydrogen (secondary N) is 1. The molecule has 0 aliphatic heterocycles. The summed E-state index contributed by atoms with van der Waals surface area (Å²) in [7, 11) is 1.37. The predicted molar refractivity (Wildman–Crippen MR) is 70.1 cm³/mol. The summed E-state index contributed by atoms with van der Waals surface area (Å²) in [6.45, 7) is 3.85. The zero-order chi connectivity index (χ0) is 14.7. The van der Waals surface area contributed by atoms with Crippen LogP contribution < -0.4 is 10.1 Å². The van der Waals surface area contributed by atoms with E-state index in [0.717, 1.165) is 17.3 Å². The maximum absolute atomic E-state index is 13.5. The Kier molecular flexibility index (Phi) is 4.02. The molecule has 20 heavy (non-hydrogen) atoms. The molecule has 1 aromatic carbocycles. The van der Waals surface area contributed by atoms with Crippen molar-refractivity contribution >= 4 is 5.91 Å². The quantitative estimate of drug-likeness (QED) is 0.932. The fraction of sp³-hybridized carbons (Fsp3) is 0.286. The normalized spacial score (nSPS) is 10.4. The molecule has 5 nitrogen and oxygen atoms in total. The summed E-state index contributed by atoms with van der Waals surface area (Å²) in [6.07, 6.45) is 0. The Morgan fingerprint density at radius 1 is 1.45 bits per heavy atom. The van der Waals surface area contributed by atoms with Gasteiger partial charge in [0, 0.05) is 17.7 Å². The van der Waals surface area contributed by atoms with E-state index in [1.165, 1.54) is 19.2 Å². The zero-order valence-electron chi connectivity index (χ0n) is 11.5. The molecule has 0 spiro atoms. The SMILES string of the molecule is COc1ccc(C(=O)NCc2c(C)noc2C)cc1F. The number of amides is 1. The van der Waals surface area contributed by atoms with Crippen molar-refractivity contribution in [3.05, 3.63) is 46.6 Å². The molecule has 1 aromatic heterocycles. The molecule has 0 saturated heterocycles. The van der Waals surface area contributed by atoms with Gasteiger partial charge < -0.3 is 14.6 Å².